The smallest absolute Gasteiger partial charge is 0.263 e. The van der Waals surface area contributed by atoms with Crippen molar-refractivity contribution in [1.82, 2.24) is 4.90 Å². The zero-order valence-electron chi connectivity index (χ0n) is 12.9. The summed E-state index contributed by atoms with van der Waals surface area (Å²) in [6.45, 7) is 5.93. The number of likely N-dealkylation sites (tertiary alicyclic amines) is 1. The monoisotopic (exact) mass is 286 g/mol. The van der Waals surface area contributed by atoms with Gasteiger partial charge in [-0.05, 0) is 52.2 Å². The van der Waals surface area contributed by atoms with E-state index in [-0.39, 0.29) is 18.0 Å². The first-order valence-electron chi connectivity index (χ1n) is 7.52. The number of ether oxygens (including phenoxy) is 1. The maximum Gasteiger partial charge on any atom is 0.263 e. The number of benzene rings is 1. The molecule has 4 heteroatoms. The molecule has 1 saturated heterocycles. The van der Waals surface area contributed by atoms with E-state index in [4.69, 9.17) is 10.00 Å². The van der Waals surface area contributed by atoms with E-state index in [1.165, 1.54) is 6.42 Å². The Hall–Kier alpha value is -2.02. The van der Waals surface area contributed by atoms with Crippen LogP contribution in [0.1, 0.15) is 45.6 Å². The molecule has 1 aliphatic heterocycles. The number of carbonyl (C=O) groups excluding carboxylic acids is 1. The van der Waals surface area contributed by atoms with Crippen LogP contribution in [-0.2, 0) is 4.79 Å². The lowest BCUT2D eigenvalue weighted by Crippen LogP contribution is -2.51. The number of amides is 1. The summed E-state index contributed by atoms with van der Waals surface area (Å²) in [5.41, 5.74) is 0.455. The molecular formula is C17H22N2O2. The van der Waals surface area contributed by atoms with Crippen LogP contribution >= 0.6 is 0 Å². The van der Waals surface area contributed by atoms with E-state index in [1.54, 1.807) is 31.2 Å². The average molecular weight is 286 g/mol. The van der Waals surface area contributed by atoms with Crippen LogP contribution in [0.4, 0.5) is 0 Å². The predicted octanol–water partition coefficient (Wildman–Crippen LogP) is 3.12. The molecule has 0 aromatic heterocycles. The van der Waals surface area contributed by atoms with Crippen molar-refractivity contribution in [3.8, 4) is 11.8 Å². The first-order chi connectivity index (χ1) is 10.0. The molecule has 0 saturated carbocycles. The van der Waals surface area contributed by atoms with Crippen LogP contribution in [-0.4, -0.2) is 29.0 Å². The van der Waals surface area contributed by atoms with Crippen LogP contribution in [0.2, 0.25) is 0 Å². The predicted molar refractivity (Wildman–Crippen MR) is 80.9 cm³/mol. The van der Waals surface area contributed by atoms with Crippen molar-refractivity contribution in [2.45, 2.75) is 58.2 Å². The number of hydrogen-bond acceptors (Lipinski definition) is 3. The van der Waals surface area contributed by atoms with Gasteiger partial charge in [0.25, 0.3) is 5.91 Å². The van der Waals surface area contributed by atoms with E-state index in [2.05, 4.69) is 19.9 Å². The van der Waals surface area contributed by atoms with E-state index in [1.807, 2.05) is 4.90 Å². The molecule has 1 heterocycles. The molecule has 1 aromatic carbocycles. The topological polar surface area (TPSA) is 53.3 Å². The summed E-state index contributed by atoms with van der Waals surface area (Å²) in [5.74, 6) is 0.473. The van der Waals surface area contributed by atoms with Gasteiger partial charge in [-0.2, -0.15) is 5.26 Å². The standard InChI is InChI=1S/C17H22N2O2/c1-12-7-6-8-13(2)19(12)17(20)14(3)21-16-10-5-4-9-15(16)11-18/h4-5,9-10,12-14H,6-8H2,1-3H3/t12-,13-,14+/m1/s1. The SMILES string of the molecule is C[C@H](Oc1ccccc1C#N)C(=O)N1[C@H](C)CCC[C@H]1C. The van der Waals surface area contributed by atoms with Gasteiger partial charge in [0.1, 0.15) is 11.8 Å². The molecule has 0 bridgehead atoms. The first kappa shape index (κ1) is 15.4. The Morgan fingerprint density at radius 3 is 2.57 bits per heavy atom. The maximum atomic E-state index is 12.6. The molecule has 1 aliphatic rings. The minimum Gasteiger partial charge on any atom is -0.480 e. The number of hydrogen-bond donors (Lipinski definition) is 0. The zero-order chi connectivity index (χ0) is 15.4. The van der Waals surface area contributed by atoms with E-state index in [9.17, 15) is 4.79 Å². The van der Waals surface area contributed by atoms with E-state index in [0.29, 0.717) is 11.3 Å². The largest absolute Gasteiger partial charge is 0.480 e. The van der Waals surface area contributed by atoms with Crippen LogP contribution in [0.15, 0.2) is 24.3 Å². The van der Waals surface area contributed by atoms with Crippen molar-refractivity contribution in [2.75, 3.05) is 0 Å². The highest BCUT2D eigenvalue weighted by atomic mass is 16.5. The summed E-state index contributed by atoms with van der Waals surface area (Å²) in [7, 11) is 0. The van der Waals surface area contributed by atoms with Crippen LogP contribution in [0.25, 0.3) is 0 Å². The van der Waals surface area contributed by atoms with Crippen molar-refractivity contribution in [1.29, 1.82) is 5.26 Å². The molecule has 1 amide bonds. The highest BCUT2D eigenvalue weighted by molar-refractivity contribution is 5.81. The Morgan fingerprint density at radius 1 is 1.33 bits per heavy atom. The van der Waals surface area contributed by atoms with Crippen molar-refractivity contribution < 1.29 is 9.53 Å². The molecule has 0 unspecified atom stereocenters. The Balaban J connectivity index is 2.11. The van der Waals surface area contributed by atoms with Crippen molar-refractivity contribution in [3.05, 3.63) is 29.8 Å². The lowest BCUT2D eigenvalue weighted by molar-refractivity contribution is -0.144. The Bertz CT molecular complexity index is 540. The first-order valence-corrected chi connectivity index (χ1v) is 7.52. The molecule has 112 valence electrons. The Kier molecular flexibility index (Phi) is 4.85. The van der Waals surface area contributed by atoms with Gasteiger partial charge in [-0.3, -0.25) is 4.79 Å². The molecule has 0 N–H and O–H groups in total. The summed E-state index contributed by atoms with van der Waals surface area (Å²) in [6.07, 6.45) is 2.66. The molecule has 1 fully saturated rings. The number of nitrogens with zero attached hydrogens (tertiary/aromatic N) is 2. The molecule has 1 aromatic rings. The lowest BCUT2D eigenvalue weighted by Gasteiger charge is -2.40. The fraction of sp³-hybridized carbons (Fsp3) is 0.529. The van der Waals surface area contributed by atoms with Gasteiger partial charge in [0, 0.05) is 12.1 Å². The van der Waals surface area contributed by atoms with Crippen LogP contribution in [0.3, 0.4) is 0 Å². The van der Waals surface area contributed by atoms with Gasteiger partial charge in [0.2, 0.25) is 0 Å². The summed E-state index contributed by atoms with van der Waals surface area (Å²) in [4.78, 5) is 14.6. The van der Waals surface area contributed by atoms with Gasteiger partial charge in [-0.1, -0.05) is 12.1 Å². The van der Waals surface area contributed by atoms with Crippen LogP contribution in [0.5, 0.6) is 5.75 Å². The van der Waals surface area contributed by atoms with Gasteiger partial charge in [-0.25, -0.2) is 0 Å². The van der Waals surface area contributed by atoms with Gasteiger partial charge < -0.3 is 9.64 Å². The molecule has 0 radical (unpaired) electrons. The third-order valence-electron chi connectivity index (χ3n) is 4.11. The average Bonchev–Trinajstić information content (AvgIpc) is 2.47. The fourth-order valence-corrected chi connectivity index (χ4v) is 2.97. The summed E-state index contributed by atoms with van der Waals surface area (Å²) in [6, 6.07) is 9.59. The second-order valence-electron chi connectivity index (χ2n) is 5.74. The highest BCUT2D eigenvalue weighted by Gasteiger charge is 2.32. The number of rotatable bonds is 3. The van der Waals surface area contributed by atoms with Gasteiger partial charge in [0.15, 0.2) is 6.10 Å². The maximum absolute atomic E-state index is 12.6. The molecule has 0 spiro atoms. The number of para-hydroxylation sites is 1. The van der Waals surface area contributed by atoms with Crippen molar-refractivity contribution >= 4 is 5.91 Å². The normalized spacial score (nSPS) is 23.2. The Labute approximate surface area is 126 Å². The number of nitriles is 1. The molecule has 4 nitrogen and oxygen atoms in total. The lowest BCUT2D eigenvalue weighted by atomic mass is 9.97. The second kappa shape index (κ2) is 6.62. The minimum absolute atomic E-state index is 0.00226. The van der Waals surface area contributed by atoms with E-state index < -0.39 is 6.10 Å². The molecule has 21 heavy (non-hydrogen) atoms. The third kappa shape index (κ3) is 3.36. The minimum atomic E-state index is -0.581. The summed E-state index contributed by atoms with van der Waals surface area (Å²) >= 11 is 0. The van der Waals surface area contributed by atoms with Gasteiger partial charge in [0.05, 0.1) is 5.56 Å². The Morgan fingerprint density at radius 2 is 1.95 bits per heavy atom. The summed E-state index contributed by atoms with van der Waals surface area (Å²) in [5, 5.41) is 9.08. The molecule has 0 aliphatic carbocycles. The van der Waals surface area contributed by atoms with Gasteiger partial charge in [-0.15, -0.1) is 0 Å². The third-order valence-corrected chi connectivity index (χ3v) is 4.11. The molecular weight excluding hydrogens is 264 g/mol. The highest BCUT2D eigenvalue weighted by Crippen LogP contribution is 2.25. The van der Waals surface area contributed by atoms with Crippen molar-refractivity contribution in [2.24, 2.45) is 0 Å². The van der Waals surface area contributed by atoms with Crippen LogP contribution < -0.4 is 4.74 Å². The van der Waals surface area contributed by atoms with Crippen molar-refractivity contribution in [3.63, 3.8) is 0 Å². The van der Waals surface area contributed by atoms with E-state index >= 15 is 0 Å². The summed E-state index contributed by atoms with van der Waals surface area (Å²) < 4.78 is 5.73. The zero-order valence-corrected chi connectivity index (χ0v) is 12.9. The number of piperidine rings is 1. The van der Waals surface area contributed by atoms with E-state index in [0.717, 1.165) is 12.8 Å². The quantitative estimate of drug-likeness (QED) is 0.858. The number of carbonyl (C=O) groups is 1. The fourth-order valence-electron chi connectivity index (χ4n) is 2.97. The van der Waals surface area contributed by atoms with Crippen LogP contribution in [0, 0.1) is 11.3 Å². The molecule has 2 rings (SSSR count). The molecule has 3 atom stereocenters. The van der Waals surface area contributed by atoms with Gasteiger partial charge >= 0.3 is 0 Å². The second-order valence-corrected chi connectivity index (χ2v) is 5.74.